The third-order valence-corrected chi connectivity index (χ3v) is 10.7. The van der Waals surface area contributed by atoms with Gasteiger partial charge in [-0.05, 0) is 79.4 Å². The van der Waals surface area contributed by atoms with E-state index in [9.17, 15) is 14.7 Å². The van der Waals surface area contributed by atoms with Gasteiger partial charge in [0.2, 0.25) is 0 Å². The first-order valence-corrected chi connectivity index (χ1v) is 15.1. The normalized spacial score (nSPS) is 20.4. The molecule has 0 radical (unpaired) electrons. The molecule has 5 aromatic rings. The average Bonchev–Trinajstić information content (AvgIpc) is 3.02. The van der Waals surface area contributed by atoms with Crippen molar-refractivity contribution >= 4 is 22.8 Å². The lowest BCUT2D eigenvalue weighted by atomic mass is 9.54. The van der Waals surface area contributed by atoms with Crippen molar-refractivity contribution in [2.45, 2.75) is 26.5 Å². The van der Waals surface area contributed by atoms with Gasteiger partial charge in [0, 0.05) is 11.8 Å². The maximum atomic E-state index is 14.0. The molecule has 2 unspecified atom stereocenters. The highest BCUT2D eigenvalue weighted by molar-refractivity contribution is 8.17. The van der Waals surface area contributed by atoms with Crippen LogP contribution >= 0.6 is 10.9 Å². The zero-order valence-corrected chi connectivity index (χ0v) is 23.0. The second kappa shape index (κ2) is 10.4. The van der Waals surface area contributed by atoms with Crippen molar-refractivity contribution in [3.05, 3.63) is 156 Å². The number of aliphatic carboxylic acids is 1. The topological polar surface area (TPSA) is 63.6 Å². The van der Waals surface area contributed by atoms with Gasteiger partial charge in [0.25, 0.3) is 0 Å². The molecule has 0 saturated carbocycles. The van der Waals surface area contributed by atoms with Crippen molar-refractivity contribution in [3.63, 3.8) is 0 Å². The van der Waals surface area contributed by atoms with E-state index in [1.54, 1.807) is 6.07 Å². The summed E-state index contributed by atoms with van der Waals surface area (Å²) in [4.78, 5) is 30.3. The highest BCUT2D eigenvalue weighted by Gasteiger charge is 2.56. The van der Waals surface area contributed by atoms with Crippen LogP contribution < -0.4 is 4.74 Å². The first-order valence-electron chi connectivity index (χ1n) is 13.7. The first-order chi connectivity index (χ1) is 20.1. The summed E-state index contributed by atoms with van der Waals surface area (Å²) in [6.45, 7) is 0. The number of esters is 1. The lowest BCUT2D eigenvalue weighted by Gasteiger charge is -2.47. The van der Waals surface area contributed by atoms with E-state index >= 15 is 0 Å². The zero-order chi connectivity index (χ0) is 27.9. The summed E-state index contributed by atoms with van der Waals surface area (Å²) < 4.78 is 6.09. The Morgan fingerprint density at radius 2 is 0.976 bits per heavy atom. The Kier molecular flexibility index (Phi) is 6.44. The lowest BCUT2D eigenvalue weighted by molar-refractivity contribution is -0.154. The molecule has 0 amide bonds. The molecule has 202 valence electrons. The minimum Gasteiger partial charge on any atom is -0.481 e. The summed E-state index contributed by atoms with van der Waals surface area (Å²) in [5, 5.41) is 10.5. The molecule has 0 aromatic heterocycles. The van der Waals surface area contributed by atoms with Crippen LogP contribution in [0.1, 0.15) is 34.1 Å². The van der Waals surface area contributed by atoms with Crippen molar-refractivity contribution in [1.82, 2.24) is 0 Å². The van der Waals surface area contributed by atoms with Gasteiger partial charge in [0.1, 0.15) is 5.75 Å². The van der Waals surface area contributed by atoms with Crippen LogP contribution in [0.5, 0.6) is 5.75 Å². The number of carbonyl (C=O) groups excluding carboxylic acids is 1. The quantitative estimate of drug-likeness (QED) is 0.128. The number of carboxylic acids is 1. The summed E-state index contributed by atoms with van der Waals surface area (Å²) >= 11 is 0. The van der Waals surface area contributed by atoms with Crippen molar-refractivity contribution in [1.29, 1.82) is 0 Å². The van der Waals surface area contributed by atoms with Gasteiger partial charge in [-0.15, -0.1) is 0 Å². The van der Waals surface area contributed by atoms with Crippen molar-refractivity contribution in [2.24, 2.45) is 11.8 Å². The summed E-state index contributed by atoms with van der Waals surface area (Å²) in [7, 11) is -0.880. The molecule has 4 nitrogen and oxygen atoms in total. The maximum Gasteiger partial charge on any atom is 0.316 e. The van der Waals surface area contributed by atoms with Crippen LogP contribution in [-0.2, 0) is 9.59 Å². The number of rotatable bonds is 6. The molecule has 5 heteroatoms. The number of thiol groups is 1. The Bertz CT molecular complexity index is 1660. The Hall–Kier alpha value is -4.61. The van der Waals surface area contributed by atoms with Gasteiger partial charge in [0.15, 0.2) is 0 Å². The van der Waals surface area contributed by atoms with Crippen LogP contribution in [0.2, 0.25) is 0 Å². The fourth-order valence-electron chi connectivity index (χ4n) is 6.73. The predicted octanol–water partition coefficient (Wildman–Crippen LogP) is 7.68. The monoisotopic (exact) mass is 556 g/mol. The number of carbonyl (C=O) groups is 2. The third kappa shape index (κ3) is 4.34. The Balaban J connectivity index is 1.27. The molecule has 8 rings (SSSR count). The molecule has 2 atom stereocenters. The summed E-state index contributed by atoms with van der Waals surface area (Å²) in [6.07, 6.45) is 0. The molecule has 3 aliphatic rings. The molecule has 0 heterocycles. The number of fused-ring (bicyclic) bond motifs is 1. The number of hydrogen-bond acceptors (Lipinski definition) is 3. The van der Waals surface area contributed by atoms with Gasteiger partial charge < -0.3 is 9.84 Å². The van der Waals surface area contributed by atoms with E-state index in [1.165, 1.54) is 9.79 Å². The van der Waals surface area contributed by atoms with Crippen LogP contribution in [0.3, 0.4) is 0 Å². The number of hydrogen-bond donors (Lipinski definition) is 2. The van der Waals surface area contributed by atoms with Gasteiger partial charge in [-0.25, -0.2) is 0 Å². The van der Waals surface area contributed by atoms with E-state index in [1.807, 2.05) is 97.1 Å². The Morgan fingerprint density at radius 1 is 0.537 bits per heavy atom. The predicted molar refractivity (Wildman–Crippen MR) is 160 cm³/mol. The Labute approximate surface area is 241 Å². The number of carboxylic acid groups (broad SMARTS) is 1. The van der Waals surface area contributed by atoms with E-state index in [0.29, 0.717) is 5.75 Å². The zero-order valence-electron chi connectivity index (χ0n) is 22.1. The summed E-state index contributed by atoms with van der Waals surface area (Å²) in [6, 6.07) is 44.2. The molecule has 2 bridgehead atoms. The Morgan fingerprint density at radius 3 is 1.46 bits per heavy atom. The smallest absolute Gasteiger partial charge is 0.316 e. The third-order valence-electron chi connectivity index (χ3n) is 8.32. The van der Waals surface area contributed by atoms with Gasteiger partial charge in [-0.3, -0.25) is 9.59 Å². The van der Waals surface area contributed by atoms with E-state index < -0.39 is 40.6 Å². The minimum absolute atomic E-state index is 0.380. The van der Waals surface area contributed by atoms with E-state index in [-0.39, 0.29) is 5.92 Å². The van der Waals surface area contributed by atoms with E-state index in [2.05, 4.69) is 30.3 Å². The van der Waals surface area contributed by atoms with Crippen molar-refractivity contribution in [2.75, 3.05) is 0 Å². The fraction of sp³-hybridized carbons (Fsp3) is 0.111. The first kappa shape index (κ1) is 25.4. The van der Waals surface area contributed by atoms with Gasteiger partial charge >= 0.3 is 11.9 Å². The molecule has 5 aromatic carbocycles. The fourth-order valence-corrected chi connectivity index (χ4v) is 9.06. The van der Waals surface area contributed by atoms with Gasteiger partial charge in [-0.2, -0.15) is 10.9 Å². The summed E-state index contributed by atoms with van der Waals surface area (Å²) in [5.74, 6) is -3.58. The average molecular weight is 557 g/mol. The van der Waals surface area contributed by atoms with E-state index in [4.69, 9.17) is 4.74 Å². The van der Waals surface area contributed by atoms with Crippen LogP contribution in [0.4, 0.5) is 0 Å². The lowest BCUT2D eigenvalue weighted by Crippen LogP contribution is -2.48. The molecule has 0 fully saturated rings. The largest absolute Gasteiger partial charge is 0.481 e. The number of ether oxygens (including phenoxy) is 1. The van der Waals surface area contributed by atoms with Crippen LogP contribution in [-0.4, -0.2) is 17.0 Å². The van der Waals surface area contributed by atoms with Crippen LogP contribution in [0.15, 0.2) is 148 Å². The highest BCUT2D eigenvalue weighted by Crippen LogP contribution is 2.59. The highest BCUT2D eigenvalue weighted by atomic mass is 32.2. The van der Waals surface area contributed by atoms with E-state index in [0.717, 1.165) is 27.1 Å². The van der Waals surface area contributed by atoms with Gasteiger partial charge in [0.05, 0.1) is 11.8 Å². The molecule has 41 heavy (non-hydrogen) atoms. The maximum absolute atomic E-state index is 14.0. The standard InChI is InChI=1S/C36H28O4S/c37-35(38)33-31-27-18-7-9-20-29(27)32(30-21-10-8-19-28(30)31)34(33)36(39)40-23-12-11-17-26(22-23)41(24-13-3-1-4-14-24)25-15-5-2-6-16-25/h1-22,31-34,41H,(H,37,38). The van der Waals surface area contributed by atoms with Crippen molar-refractivity contribution in [3.8, 4) is 5.75 Å². The molecule has 3 aliphatic carbocycles. The second-order valence-corrected chi connectivity index (χ2v) is 12.7. The minimum atomic E-state index is -0.976. The van der Waals surface area contributed by atoms with Crippen LogP contribution in [0, 0.1) is 11.8 Å². The second-order valence-electron chi connectivity index (χ2n) is 10.5. The van der Waals surface area contributed by atoms with Crippen molar-refractivity contribution < 1.29 is 19.4 Å². The van der Waals surface area contributed by atoms with Gasteiger partial charge in [-0.1, -0.05) is 91.0 Å². The molecule has 0 saturated heterocycles. The van der Waals surface area contributed by atoms with Crippen LogP contribution in [0.25, 0.3) is 0 Å². The molecular formula is C36H28O4S. The molecule has 0 spiro atoms. The SMILES string of the molecule is O=C(O)C1C2c3ccccc3C(c3ccccc32)C1C(=O)Oc1cccc([SH](c2ccccc2)c2ccccc2)c1. The summed E-state index contributed by atoms with van der Waals surface area (Å²) in [5.41, 5.74) is 4.01. The molecule has 1 N–H and O–H groups in total. The molecular weight excluding hydrogens is 528 g/mol. The number of benzene rings is 5. The molecule has 0 aliphatic heterocycles.